The molecule has 124 valence electrons. The van der Waals surface area contributed by atoms with Crippen LogP contribution in [0.5, 0.6) is 0 Å². The minimum Gasteiger partial charge on any atom is -0.481 e. The standard InChI is InChI=1S/C11H21NO9/c1-6(4-7(13)14)11(20,21)12(9(3,16)17)8(2,15)5-10(12,18)19/h6,15-21H,4-5H2,1-3H3/p+1. The van der Waals surface area contributed by atoms with Crippen molar-refractivity contribution in [1.29, 1.82) is 0 Å². The fraction of sp³-hybridized carbons (Fsp3) is 0.909. The number of rotatable bonds is 5. The molecule has 0 aromatic carbocycles. The van der Waals surface area contributed by atoms with Gasteiger partial charge in [-0.25, -0.2) is 0 Å². The highest BCUT2D eigenvalue weighted by molar-refractivity contribution is 5.67. The van der Waals surface area contributed by atoms with E-state index in [4.69, 9.17) is 5.11 Å². The summed E-state index contributed by atoms with van der Waals surface area (Å²) in [5.41, 5.74) is -2.35. The van der Waals surface area contributed by atoms with E-state index in [-0.39, 0.29) is 0 Å². The van der Waals surface area contributed by atoms with Crippen LogP contribution in [0.25, 0.3) is 0 Å². The highest BCUT2D eigenvalue weighted by Gasteiger charge is 2.87. The van der Waals surface area contributed by atoms with Gasteiger partial charge in [0.05, 0.1) is 12.3 Å². The molecule has 0 aromatic rings. The smallest absolute Gasteiger partial charge is 0.334 e. The van der Waals surface area contributed by atoms with Crippen LogP contribution in [-0.2, 0) is 4.79 Å². The van der Waals surface area contributed by atoms with Gasteiger partial charge in [-0.2, -0.15) is 0 Å². The Hall–Kier alpha value is -0.850. The third-order valence-corrected chi connectivity index (χ3v) is 4.10. The molecule has 3 atom stereocenters. The molecule has 1 fully saturated rings. The van der Waals surface area contributed by atoms with Gasteiger partial charge in [0, 0.05) is 13.8 Å². The van der Waals surface area contributed by atoms with Crippen LogP contribution in [-0.4, -0.2) is 74.8 Å². The molecule has 1 heterocycles. The summed E-state index contributed by atoms with van der Waals surface area (Å²) < 4.78 is -2.16. The molecular formula is C11H22NO9+. The number of likely N-dealkylation sites (tertiary alicyclic amines) is 1. The predicted octanol–water partition coefficient (Wildman–Crippen LogP) is -3.04. The average molecular weight is 312 g/mol. The normalized spacial score (nSPS) is 34.2. The summed E-state index contributed by atoms with van der Waals surface area (Å²) in [5.74, 6) is -12.6. The van der Waals surface area contributed by atoms with Crippen LogP contribution in [0.4, 0.5) is 0 Å². The number of aliphatic carboxylic acids is 1. The van der Waals surface area contributed by atoms with Crippen molar-refractivity contribution in [2.75, 3.05) is 0 Å². The molecule has 0 spiro atoms. The summed E-state index contributed by atoms with van der Waals surface area (Å²) >= 11 is 0. The Kier molecular flexibility index (Phi) is 3.96. The first-order chi connectivity index (χ1) is 9.04. The molecule has 10 nitrogen and oxygen atoms in total. The number of hydrogen-bond donors (Lipinski definition) is 8. The van der Waals surface area contributed by atoms with Crippen molar-refractivity contribution < 1.29 is 50.1 Å². The maximum Gasteiger partial charge on any atom is 0.334 e. The predicted molar refractivity (Wildman–Crippen MR) is 64.1 cm³/mol. The van der Waals surface area contributed by atoms with E-state index in [1.807, 2.05) is 0 Å². The van der Waals surface area contributed by atoms with Gasteiger partial charge in [-0.3, -0.25) is 4.79 Å². The number of carboxylic acid groups (broad SMARTS) is 1. The number of carboxylic acids is 1. The van der Waals surface area contributed by atoms with E-state index < -0.39 is 52.7 Å². The Morgan fingerprint density at radius 3 is 1.90 bits per heavy atom. The lowest BCUT2D eigenvalue weighted by molar-refractivity contribution is -1.25. The SMILES string of the molecule is CC(CC(=O)O)C(O)(O)[N+]1(C(C)(O)O)C(C)(O)CC1(O)O. The molecule has 1 aliphatic rings. The van der Waals surface area contributed by atoms with Crippen molar-refractivity contribution >= 4 is 5.97 Å². The summed E-state index contributed by atoms with van der Waals surface area (Å²) in [6.45, 7) is 2.61. The lowest BCUT2D eigenvalue weighted by atomic mass is 9.82. The number of carbonyl (C=O) groups is 1. The van der Waals surface area contributed by atoms with Crippen LogP contribution in [0, 0.1) is 5.92 Å². The molecule has 1 saturated heterocycles. The first kappa shape index (κ1) is 18.2. The van der Waals surface area contributed by atoms with Gasteiger partial charge in [-0.15, -0.1) is 4.48 Å². The van der Waals surface area contributed by atoms with Crippen LogP contribution < -0.4 is 0 Å². The second kappa shape index (κ2) is 4.57. The summed E-state index contributed by atoms with van der Waals surface area (Å²) in [7, 11) is 0. The van der Waals surface area contributed by atoms with E-state index in [1.165, 1.54) is 0 Å². The van der Waals surface area contributed by atoms with Crippen molar-refractivity contribution in [2.45, 2.75) is 57.1 Å². The summed E-state index contributed by atoms with van der Waals surface area (Å²) in [6, 6.07) is 0. The third-order valence-electron chi connectivity index (χ3n) is 4.10. The maximum absolute atomic E-state index is 10.7. The van der Waals surface area contributed by atoms with Gasteiger partial charge < -0.3 is 40.9 Å². The maximum atomic E-state index is 10.7. The Morgan fingerprint density at radius 1 is 1.24 bits per heavy atom. The minimum absolute atomic E-state index is 0.622. The minimum atomic E-state index is -3.36. The molecule has 0 radical (unpaired) electrons. The molecule has 1 aliphatic heterocycles. The van der Waals surface area contributed by atoms with Crippen molar-refractivity contribution in [3.63, 3.8) is 0 Å². The lowest BCUT2D eigenvalue weighted by Gasteiger charge is -2.69. The third kappa shape index (κ3) is 2.15. The van der Waals surface area contributed by atoms with Crippen LogP contribution in [0.3, 0.4) is 0 Å². The average Bonchev–Trinajstić information content (AvgIpc) is 2.08. The quantitative estimate of drug-likeness (QED) is 0.193. The Balaban J connectivity index is 3.50. The second-order valence-electron chi connectivity index (χ2n) is 6.00. The van der Waals surface area contributed by atoms with E-state index in [1.54, 1.807) is 0 Å². The molecule has 0 aromatic heterocycles. The zero-order valence-corrected chi connectivity index (χ0v) is 11.9. The van der Waals surface area contributed by atoms with Crippen LogP contribution in [0.15, 0.2) is 0 Å². The van der Waals surface area contributed by atoms with E-state index in [0.717, 1.165) is 13.8 Å². The highest BCUT2D eigenvalue weighted by atomic mass is 16.7. The Bertz CT molecular complexity index is 406. The fourth-order valence-electron chi connectivity index (χ4n) is 3.44. The van der Waals surface area contributed by atoms with Gasteiger partial charge in [0.1, 0.15) is 6.42 Å². The first-order valence-corrected chi connectivity index (χ1v) is 6.22. The monoisotopic (exact) mass is 312 g/mol. The molecule has 0 aliphatic carbocycles. The molecule has 8 N–H and O–H groups in total. The van der Waals surface area contributed by atoms with Crippen molar-refractivity contribution in [3.8, 4) is 0 Å². The van der Waals surface area contributed by atoms with Crippen molar-refractivity contribution in [2.24, 2.45) is 5.92 Å². The summed E-state index contributed by atoms with van der Waals surface area (Å²) in [5, 5.41) is 79.0. The van der Waals surface area contributed by atoms with Gasteiger partial charge in [0.15, 0.2) is 0 Å². The van der Waals surface area contributed by atoms with Gasteiger partial charge in [-0.05, 0) is 0 Å². The first-order valence-electron chi connectivity index (χ1n) is 6.22. The summed E-state index contributed by atoms with van der Waals surface area (Å²) in [6.07, 6.45) is -1.63. The van der Waals surface area contributed by atoms with Crippen LogP contribution >= 0.6 is 0 Å². The topological polar surface area (TPSA) is 179 Å². The van der Waals surface area contributed by atoms with Gasteiger partial charge in [0.25, 0.3) is 0 Å². The molecule has 21 heavy (non-hydrogen) atoms. The molecule has 10 heteroatoms. The Labute approximate surface area is 120 Å². The molecule has 0 amide bonds. The second-order valence-corrected chi connectivity index (χ2v) is 6.00. The van der Waals surface area contributed by atoms with E-state index >= 15 is 0 Å². The molecule has 3 unspecified atom stereocenters. The van der Waals surface area contributed by atoms with E-state index in [0.29, 0.717) is 6.92 Å². The molecule has 1 rings (SSSR count). The molecule has 0 bridgehead atoms. The summed E-state index contributed by atoms with van der Waals surface area (Å²) in [4.78, 5) is 10.7. The van der Waals surface area contributed by atoms with Crippen molar-refractivity contribution in [3.05, 3.63) is 0 Å². The molecule has 0 saturated carbocycles. The number of aliphatic hydroxyl groups is 7. The largest absolute Gasteiger partial charge is 0.481 e. The lowest BCUT2D eigenvalue weighted by Crippen LogP contribution is -2.97. The number of hydrogen-bond acceptors (Lipinski definition) is 8. The molecular weight excluding hydrogens is 290 g/mol. The van der Waals surface area contributed by atoms with Gasteiger partial charge >= 0.3 is 23.7 Å². The number of quaternary nitrogens is 1. The van der Waals surface area contributed by atoms with Crippen LogP contribution in [0.2, 0.25) is 0 Å². The zero-order valence-electron chi connectivity index (χ0n) is 11.9. The van der Waals surface area contributed by atoms with E-state index in [2.05, 4.69) is 0 Å². The fourth-order valence-corrected chi connectivity index (χ4v) is 3.44. The van der Waals surface area contributed by atoms with Crippen LogP contribution in [0.1, 0.15) is 33.6 Å². The number of nitrogens with zero attached hydrogens (tertiary/aromatic N) is 1. The van der Waals surface area contributed by atoms with E-state index in [9.17, 15) is 40.5 Å². The van der Waals surface area contributed by atoms with Gasteiger partial charge in [-0.1, -0.05) is 6.92 Å². The Morgan fingerprint density at radius 2 is 1.67 bits per heavy atom. The van der Waals surface area contributed by atoms with Gasteiger partial charge in [0.2, 0.25) is 5.72 Å². The zero-order chi connectivity index (χ0) is 17.1. The highest BCUT2D eigenvalue weighted by Crippen LogP contribution is 2.58. The van der Waals surface area contributed by atoms with Crippen molar-refractivity contribution in [1.82, 2.24) is 0 Å².